The second-order valence-electron chi connectivity index (χ2n) is 8.66. The minimum atomic E-state index is -0.642. The van der Waals surface area contributed by atoms with Gasteiger partial charge in [-0.25, -0.2) is 4.79 Å². The van der Waals surface area contributed by atoms with Gasteiger partial charge in [-0.1, -0.05) is 0 Å². The number of hydrogen-bond acceptors (Lipinski definition) is 9. The van der Waals surface area contributed by atoms with E-state index in [1.165, 1.54) is 11.8 Å². The van der Waals surface area contributed by atoms with Crippen LogP contribution in [0.4, 0.5) is 4.79 Å². The number of hydrogen-bond donors (Lipinski definition) is 1. The lowest BCUT2D eigenvalue weighted by molar-refractivity contribution is -0.144. The Balaban J connectivity index is 2.34. The van der Waals surface area contributed by atoms with Crippen molar-refractivity contribution in [3.05, 3.63) is 0 Å². The molecule has 1 aliphatic rings. The molecule has 0 bridgehead atoms. The van der Waals surface area contributed by atoms with Crippen LogP contribution in [0.2, 0.25) is 0 Å². The number of esters is 1. The third-order valence-corrected chi connectivity index (χ3v) is 4.64. The molecule has 0 aromatic carbocycles. The van der Waals surface area contributed by atoms with Crippen LogP contribution >= 0.6 is 0 Å². The van der Waals surface area contributed by atoms with E-state index in [-0.39, 0.29) is 32.1 Å². The van der Waals surface area contributed by atoms with Gasteiger partial charge in [-0.3, -0.25) is 14.5 Å². The van der Waals surface area contributed by atoms with Gasteiger partial charge in [0.2, 0.25) is 5.91 Å². The molecule has 1 atom stereocenters. The van der Waals surface area contributed by atoms with Gasteiger partial charge in [0.15, 0.2) is 0 Å². The SMILES string of the molecule is CNCCOCCOCCOCCC(=O)N1CCN(C(=O)OC(C)(C)C)C(COC(C)=O)C1. The maximum Gasteiger partial charge on any atom is 0.410 e. The molecule has 1 heterocycles. The first-order chi connectivity index (χ1) is 15.6. The van der Waals surface area contributed by atoms with Crippen molar-refractivity contribution >= 4 is 18.0 Å². The Morgan fingerprint density at radius 2 is 1.55 bits per heavy atom. The molecule has 1 rings (SSSR count). The van der Waals surface area contributed by atoms with Crippen LogP contribution in [0.15, 0.2) is 0 Å². The number of ether oxygens (including phenoxy) is 5. The molecule has 11 nitrogen and oxygen atoms in total. The molecular formula is C22H41N3O8. The lowest BCUT2D eigenvalue weighted by atomic mass is 10.1. The number of nitrogens with zero attached hydrogens (tertiary/aromatic N) is 2. The fourth-order valence-corrected chi connectivity index (χ4v) is 3.03. The molecule has 1 N–H and O–H groups in total. The highest BCUT2D eigenvalue weighted by atomic mass is 16.6. The van der Waals surface area contributed by atoms with E-state index in [2.05, 4.69) is 5.32 Å². The van der Waals surface area contributed by atoms with Crippen molar-refractivity contribution in [3.8, 4) is 0 Å². The summed E-state index contributed by atoms with van der Waals surface area (Å²) < 4.78 is 26.8. The summed E-state index contributed by atoms with van der Waals surface area (Å²) in [5.41, 5.74) is -0.642. The molecule has 1 saturated heterocycles. The van der Waals surface area contributed by atoms with E-state index < -0.39 is 23.7 Å². The molecule has 2 amide bonds. The van der Waals surface area contributed by atoms with Crippen molar-refractivity contribution in [1.29, 1.82) is 0 Å². The van der Waals surface area contributed by atoms with Crippen molar-refractivity contribution in [3.63, 3.8) is 0 Å². The van der Waals surface area contributed by atoms with E-state index in [0.29, 0.717) is 46.1 Å². The second-order valence-corrected chi connectivity index (χ2v) is 8.66. The monoisotopic (exact) mass is 475 g/mol. The fourth-order valence-electron chi connectivity index (χ4n) is 3.03. The van der Waals surface area contributed by atoms with Crippen LogP contribution in [0, 0.1) is 0 Å². The summed E-state index contributed by atoms with van der Waals surface area (Å²) in [6, 6.07) is -0.467. The minimum absolute atomic E-state index is 0.00483. The van der Waals surface area contributed by atoms with Crippen LogP contribution in [0.3, 0.4) is 0 Å². The van der Waals surface area contributed by atoms with Gasteiger partial charge in [-0.05, 0) is 27.8 Å². The number of likely N-dealkylation sites (N-methyl/N-ethyl adjacent to an activating group) is 1. The van der Waals surface area contributed by atoms with Gasteiger partial charge in [0, 0.05) is 33.1 Å². The normalized spacial score (nSPS) is 16.6. The molecule has 0 aliphatic carbocycles. The summed E-state index contributed by atoms with van der Waals surface area (Å²) in [7, 11) is 1.87. The third kappa shape index (κ3) is 13.4. The summed E-state index contributed by atoms with van der Waals surface area (Å²) >= 11 is 0. The second kappa shape index (κ2) is 15.8. The Hall–Kier alpha value is -1.95. The fraction of sp³-hybridized carbons (Fsp3) is 0.864. The topological polar surface area (TPSA) is 116 Å². The van der Waals surface area contributed by atoms with Crippen LogP contribution in [0.1, 0.15) is 34.1 Å². The quantitative estimate of drug-likeness (QED) is 0.286. The van der Waals surface area contributed by atoms with E-state index >= 15 is 0 Å². The number of piperazine rings is 1. The van der Waals surface area contributed by atoms with Gasteiger partial charge in [-0.15, -0.1) is 0 Å². The maximum absolute atomic E-state index is 12.6. The van der Waals surface area contributed by atoms with E-state index in [0.717, 1.165) is 6.54 Å². The van der Waals surface area contributed by atoms with Crippen molar-refractivity contribution in [1.82, 2.24) is 15.1 Å². The first kappa shape index (κ1) is 29.1. The van der Waals surface area contributed by atoms with Gasteiger partial charge in [-0.2, -0.15) is 0 Å². The van der Waals surface area contributed by atoms with Crippen LogP contribution in [0.5, 0.6) is 0 Å². The molecule has 0 spiro atoms. The Morgan fingerprint density at radius 3 is 2.12 bits per heavy atom. The molecule has 11 heteroatoms. The summed E-state index contributed by atoms with van der Waals surface area (Å²) in [4.78, 5) is 39.6. The predicted octanol–water partition coefficient (Wildman–Crippen LogP) is 0.657. The smallest absolute Gasteiger partial charge is 0.410 e. The average molecular weight is 476 g/mol. The Morgan fingerprint density at radius 1 is 0.939 bits per heavy atom. The van der Waals surface area contributed by atoms with Crippen molar-refractivity contribution in [2.75, 3.05) is 79.5 Å². The van der Waals surface area contributed by atoms with Crippen molar-refractivity contribution in [2.45, 2.75) is 45.8 Å². The van der Waals surface area contributed by atoms with Crippen LogP contribution < -0.4 is 5.32 Å². The summed E-state index contributed by atoms with van der Waals surface area (Å²) in [5, 5.41) is 2.99. The first-order valence-corrected chi connectivity index (χ1v) is 11.4. The van der Waals surface area contributed by atoms with Crippen LogP contribution in [-0.4, -0.2) is 119 Å². The first-order valence-electron chi connectivity index (χ1n) is 11.4. The Labute approximate surface area is 197 Å². The number of carbonyl (C=O) groups excluding carboxylic acids is 3. The molecule has 0 saturated carbocycles. The highest BCUT2D eigenvalue weighted by molar-refractivity contribution is 5.77. The molecule has 33 heavy (non-hydrogen) atoms. The lowest BCUT2D eigenvalue weighted by Gasteiger charge is -2.41. The zero-order valence-electron chi connectivity index (χ0n) is 20.7. The zero-order valence-corrected chi connectivity index (χ0v) is 20.7. The molecule has 1 aliphatic heterocycles. The van der Waals surface area contributed by atoms with Crippen LogP contribution in [-0.2, 0) is 33.3 Å². The Bertz CT molecular complexity index is 597. The molecule has 192 valence electrons. The van der Waals surface area contributed by atoms with E-state index in [1.807, 2.05) is 7.05 Å². The number of carbonyl (C=O) groups is 3. The highest BCUT2D eigenvalue weighted by Gasteiger charge is 2.35. The number of nitrogens with one attached hydrogen (secondary N) is 1. The summed E-state index contributed by atoms with van der Waals surface area (Å²) in [5.74, 6) is -0.520. The van der Waals surface area contributed by atoms with Gasteiger partial charge in [0.25, 0.3) is 0 Å². The number of rotatable bonds is 14. The largest absolute Gasteiger partial charge is 0.464 e. The van der Waals surface area contributed by atoms with Gasteiger partial charge < -0.3 is 33.9 Å². The molecule has 0 radical (unpaired) electrons. The van der Waals surface area contributed by atoms with Gasteiger partial charge >= 0.3 is 12.1 Å². The average Bonchev–Trinajstić information content (AvgIpc) is 2.74. The van der Waals surface area contributed by atoms with Crippen molar-refractivity contribution < 1.29 is 38.1 Å². The molecule has 1 unspecified atom stereocenters. The Kier molecular flexibility index (Phi) is 13.9. The van der Waals surface area contributed by atoms with Gasteiger partial charge in [0.05, 0.1) is 52.1 Å². The molecular weight excluding hydrogens is 434 g/mol. The molecule has 1 fully saturated rings. The molecule has 0 aromatic heterocycles. The number of amides is 2. The highest BCUT2D eigenvalue weighted by Crippen LogP contribution is 2.17. The standard InChI is InChI=1S/C22H41N3O8/c1-18(26)32-17-19-16-24(8-9-25(19)21(28)33-22(2,3)4)20(27)6-10-29-12-14-31-15-13-30-11-7-23-5/h19,23H,6-17H2,1-5H3. The van der Waals surface area contributed by atoms with Crippen molar-refractivity contribution in [2.24, 2.45) is 0 Å². The summed E-state index contributed by atoms with van der Waals surface area (Å²) in [6.07, 6.45) is -0.262. The predicted molar refractivity (Wildman–Crippen MR) is 121 cm³/mol. The zero-order chi connectivity index (χ0) is 24.7. The molecule has 0 aromatic rings. The third-order valence-electron chi connectivity index (χ3n) is 4.64. The van der Waals surface area contributed by atoms with E-state index in [9.17, 15) is 14.4 Å². The summed E-state index contributed by atoms with van der Waals surface area (Å²) in [6.45, 7) is 11.2. The van der Waals surface area contributed by atoms with E-state index in [4.69, 9.17) is 23.7 Å². The van der Waals surface area contributed by atoms with Crippen LogP contribution in [0.25, 0.3) is 0 Å². The maximum atomic E-state index is 12.6. The van der Waals surface area contributed by atoms with E-state index in [1.54, 1.807) is 25.7 Å². The van der Waals surface area contributed by atoms with Gasteiger partial charge in [0.1, 0.15) is 12.2 Å². The minimum Gasteiger partial charge on any atom is -0.464 e. The lowest BCUT2D eigenvalue weighted by Crippen LogP contribution is -2.59.